The molecule has 2 saturated carbocycles. The standard InChI is InChI=1S/C14H24O3/c1-16-13(8-4-3-5-9-13)14(17-2)10-6-12(15)7-11-14/h3-11H2,1-2H3. The van der Waals surface area contributed by atoms with Crippen LogP contribution in [0.5, 0.6) is 0 Å². The van der Waals surface area contributed by atoms with Crippen molar-refractivity contribution in [1.82, 2.24) is 0 Å². The number of methoxy groups -OCH3 is 2. The largest absolute Gasteiger partial charge is 0.375 e. The summed E-state index contributed by atoms with van der Waals surface area (Å²) in [5.41, 5.74) is -0.378. The third kappa shape index (κ3) is 2.15. The zero-order valence-corrected chi connectivity index (χ0v) is 11.1. The molecule has 17 heavy (non-hydrogen) atoms. The molecule has 3 heteroatoms. The first-order chi connectivity index (χ1) is 8.18. The fraction of sp³-hybridized carbons (Fsp3) is 0.929. The van der Waals surface area contributed by atoms with Gasteiger partial charge < -0.3 is 9.47 Å². The van der Waals surface area contributed by atoms with Crippen LogP contribution < -0.4 is 0 Å². The summed E-state index contributed by atoms with van der Waals surface area (Å²) in [6, 6.07) is 0. The smallest absolute Gasteiger partial charge is 0.133 e. The first kappa shape index (κ1) is 13.0. The van der Waals surface area contributed by atoms with Crippen LogP contribution in [0.4, 0.5) is 0 Å². The molecule has 2 aliphatic carbocycles. The number of ether oxygens (including phenoxy) is 2. The molecule has 0 spiro atoms. The molecule has 2 aliphatic rings. The SMILES string of the molecule is COC1(C2(OC)CCC(=O)CC2)CCCCC1. The van der Waals surface area contributed by atoms with E-state index in [9.17, 15) is 4.79 Å². The summed E-state index contributed by atoms with van der Waals surface area (Å²) in [7, 11) is 3.59. The Balaban J connectivity index is 2.22. The highest BCUT2D eigenvalue weighted by Crippen LogP contribution is 2.48. The lowest BCUT2D eigenvalue weighted by molar-refractivity contribution is -0.212. The summed E-state index contributed by atoms with van der Waals surface area (Å²) < 4.78 is 11.8. The van der Waals surface area contributed by atoms with E-state index in [4.69, 9.17) is 9.47 Å². The number of Topliss-reactive ketones (excluding diaryl/α,β-unsaturated/α-hetero) is 1. The van der Waals surface area contributed by atoms with Gasteiger partial charge in [-0.25, -0.2) is 0 Å². The lowest BCUT2D eigenvalue weighted by atomic mass is 9.66. The molecule has 2 rings (SSSR count). The molecule has 0 aliphatic heterocycles. The van der Waals surface area contributed by atoms with Crippen molar-refractivity contribution in [1.29, 1.82) is 0 Å². The first-order valence-corrected chi connectivity index (χ1v) is 6.80. The second-order valence-corrected chi connectivity index (χ2v) is 5.50. The van der Waals surface area contributed by atoms with E-state index in [1.54, 1.807) is 7.11 Å². The maximum absolute atomic E-state index is 11.4. The van der Waals surface area contributed by atoms with Crippen LogP contribution in [0.25, 0.3) is 0 Å². The number of carbonyl (C=O) groups is 1. The molecule has 0 aromatic rings. The molecule has 0 saturated heterocycles. The second kappa shape index (κ2) is 5.07. The average molecular weight is 240 g/mol. The molecule has 0 aromatic heterocycles. The molecule has 3 nitrogen and oxygen atoms in total. The number of hydrogen-bond acceptors (Lipinski definition) is 3. The zero-order valence-electron chi connectivity index (χ0n) is 11.1. The van der Waals surface area contributed by atoms with Crippen molar-refractivity contribution in [2.45, 2.75) is 69.0 Å². The van der Waals surface area contributed by atoms with Crippen molar-refractivity contribution in [3.05, 3.63) is 0 Å². The van der Waals surface area contributed by atoms with Crippen molar-refractivity contribution >= 4 is 5.78 Å². The minimum atomic E-state index is -0.226. The monoisotopic (exact) mass is 240 g/mol. The molecular formula is C14H24O3. The predicted molar refractivity (Wildman–Crippen MR) is 66.0 cm³/mol. The summed E-state index contributed by atoms with van der Waals surface area (Å²) in [6.07, 6.45) is 8.84. The van der Waals surface area contributed by atoms with Crippen molar-refractivity contribution in [3.63, 3.8) is 0 Å². The van der Waals surface area contributed by atoms with E-state index in [1.807, 2.05) is 7.11 Å². The third-order valence-corrected chi connectivity index (χ3v) is 4.89. The van der Waals surface area contributed by atoms with Crippen LogP contribution in [0.1, 0.15) is 57.8 Å². The highest BCUT2D eigenvalue weighted by Gasteiger charge is 2.53. The molecule has 0 atom stereocenters. The zero-order chi connectivity index (χ0) is 12.4. The molecule has 0 heterocycles. The fourth-order valence-electron chi connectivity index (χ4n) is 3.75. The normalized spacial score (nSPS) is 28.0. The molecule has 0 unspecified atom stereocenters. The number of hydrogen-bond donors (Lipinski definition) is 0. The van der Waals surface area contributed by atoms with Crippen LogP contribution in [0.2, 0.25) is 0 Å². The number of rotatable bonds is 3. The van der Waals surface area contributed by atoms with Crippen LogP contribution in [0.15, 0.2) is 0 Å². The summed E-state index contributed by atoms with van der Waals surface area (Å²) in [5, 5.41) is 0. The summed E-state index contributed by atoms with van der Waals surface area (Å²) in [5.74, 6) is 0.375. The highest BCUT2D eigenvalue weighted by atomic mass is 16.5. The van der Waals surface area contributed by atoms with Gasteiger partial charge in [-0.15, -0.1) is 0 Å². The number of ketones is 1. The molecular weight excluding hydrogens is 216 g/mol. The predicted octanol–water partition coefficient (Wildman–Crippen LogP) is 2.86. The van der Waals surface area contributed by atoms with E-state index >= 15 is 0 Å². The lowest BCUT2D eigenvalue weighted by Gasteiger charge is -2.52. The second-order valence-electron chi connectivity index (χ2n) is 5.50. The molecule has 2 fully saturated rings. The van der Waals surface area contributed by atoms with E-state index in [-0.39, 0.29) is 11.2 Å². The van der Waals surface area contributed by atoms with Gasteiger partial charge >= 0.3 is 0 Å². The van der Waals surface area contributed by atoms with Crippen molar-refractivity contribution in [2.24, 2.45) is 0 Å². The van der Waals surface area contributed by atoms with Crippen molar-refractivity contribution in [2.75, 3.05) is 14.2 Å². The van der Waals surface area contributed by atoms with E-state index in [2.05, 4.69) is 0 Å². The quantitative estimate of drug-likeness (QED) is 0.761. The van der Waals surface area contributed by atoms with Gasteiger partial charge in [0.15, 0.2) is 0 Å². The lowest BCUT2D eigenvalue weighted by Crippen LogP contribution is -2.59. The molecule has 0 N–H and O–H groups in total. The Morgan fingerprint density at radius 3 is 1.76 bits per heavy atom. The Hall–Kier alpha value is -0.410. The van der Waals surface area contributed by atoms with Gasteiger partial charge in [0, 0.05) is 27.1 Å². The molecule has 0 bridgehead atoms. The third-order valence-electron chi connectivity index (χ3n) is 4.89. The van der Waals surface area contributed by atoms with Gasteiger partial charge in [0.2, 0.25) is 0 Å². The van der Waals surface area contributed by atoms with Gasteiger partial charge in [0.25, 0.3) is 0 Å². The highest BCUT2D eigenvalue weighted by molar-refractivity contribution is 5.79. The van der Waals surface area contributed by atoms with Gasteiger partial charge in [-0.3, -0.25) is 4.79 Å². The number of carbonyl (C=O) groups excluding carboxylic acids is 1. The Labute approximate surface area is 104 Å². The topological polar surface area (TPSA) is 35.5 Å². The van der Waals surface area contributed by atoms with Crippen LogP contribution in [-0.2, 0) is 14.3 Å². The Bertz CT molecular complexity index is 269. The molecule has 0 radical (unpaired) electrons. The summed E-state index contributed by atoms with van der Waals surface area (Å²) >= 11 is 0. The Morgan fingerprint density at radius 1 is 0.824 bits per heavy atom. The van der Waals surface area contributed by atoms with Crippen molar-refractivity contribution in [3.8, 4) is 0 Å². The maximum atomic E-state index is 11.4. The average Bonchev–Trinajstić information content (AvgIpc) is 2.41. The summed E-state index contributed by atoms with van der Waals surface area (Å²) in [6.45, 7) is 0. The van der Waals surface area contributed by atoms with Gasteiger partial charge in [0.05, 0.1) is 11.2 Å². The van der Waals surface area contributed by atoms with E-state index in [1.165, 1.54) is 19.3 Å². The Kier molecular flexibility index (Phi) is 3.88. The summed E-state index contributed by atoms with van der Waals surface area (Å²) in [4.78, 5) is 11.4. The van der Waals surface area contributed by atoms with Gasteiger partial charge in [-0.1, -0.05) is 19.3 Å². The van der Waals surface area contributed by atoms with E-state index < -0.39 is 0 Å². The fourth-order valence-corrected chi connectivity index (χ4v) is 3.75. The van der Waals surface area contributed by atoms with Gasteiger partial charge in [-0.05, 0) is 25.7 Å². The maximum Gasteiger partial charge on any atom is 0.133 e. The van der Waals surface area contributed by atoms with Crippen LogP contribution in [0.3, 0.4) is 0 Å². The van der Waals surface area contributed by atoms with Crippen LogP contribution >= 0.6 is 0 Å². The Morgan fingerprint density at radius 2 is 1.29 bits per heavy atom. The van der Waals surface area contributed by atoms with Crippen LogP contribution in [-0.4, -0.2) is 31.2 Å². The first-order valence-electron chi connectivity index (χ1n) is 6.80. The van der Waals surface area contributed by atoms with Gasteiger partial charge in [-0.2, -0.15) is 0 Å². The van der Waals surface area contributed by atoms with Crippen molar-refractivity contribution < 1.29 is 14.3 Å². The molecule has 0 aromatic carbocycles. The minimum Gasteiger partial charge on any atom is -0.375 e. The van der Waals surface area contributed by atoms with E-state index in [0.29, 0.717) is 18.6 Å². The van der Waals surface area contributed by atoms with E-state index in [0.717, 1.165) is 25.7 Å². The van der Waals surface area contributed by atoms with Crippen LogP contribution in [0, 0.1) is 0 Å². The minimum absolute atomic E-state index is 0.152. The molecule has 98 valence electrons. The van der Waals surface area contributed by atoms with Gasteiger partial charge in [0.1, 0.15) is 5.78 Å². The molecule has 0 amide bonds.